The number of rotatable bonds is 2. The zero-order valence-electron chi connectivity index (χ0n) is 17.2. The number of imide groups is 1. The van der Waals surface area contributed by atoms with Gasteiger partial charge in [0.2, 0.25) is 5.43 Å². The Kier molecular flexibility index (Phi) is 4.55. The van der Waals surface area contributed by atoms with Gasteiger partial charge in [-0.15, -0.1) is 0 Å². The molecule has 2 heterocycles. The molecule has 2 atom stereocenters. The molecule has 2 aromatic carbocycles. The highest BCUT2D eigenvalue weighted by Gasteiger charge is 2.45. The topological polar surface area (TPSA) is 79.6 Å². The predicted molar refractivity (Wildman–Crippen MR) is 117 cm³/mol. The molecule has 0 bridgehead atoms. The Balaban J connectivity index is 1.85. The Morgan fingerprint density at radius 3 is 2.47 bits per heavy atom. The number of likely N-dealkylation sites (N-methyl/N-ethyl adjacent to an activating group) is 1. The minimum Gasteiger partial charge on any atom is -0.503 e. The molecule has 0 spiro atoms. The number of benzene rings is 2. The summed E-state index contributed by atoms with van der Waals surface area (Å²) in [4.78, 5) is 39.8. The predicted octanol–water partition coefficient (Wildman–Crippen LogP) is 3.55. The highest BCUT2D eigenvalue weighted by Crippen LogP contribution is 2.44. The van der Waals surface area contributed by atoms with Crippen LogP contribution in [0.15, 0.2) is 59.5 Å². The fourth-order valence-electron chi connectivity index (χ4n) is 4.70. The van der Waals surface area contributed by atoms with Crippen LogP contribution in [-0.4, -0.2) is 32.9 Å². The van der Waals surface area contributed by atoms with Crippen LogP contribution in [0.25, 0.3) is 12.2 Å². The van der Waals surface area contributed by atoms with E-state index in [9.17, 15) is 23.9 Å². The standard InChI is InChI=1S/C25H19FN2O4/c1-2-27-24(31)21(28-12-11-19(29)23(30)22(28)25(27)32)20-17-6-4-3-5-14(17)7-8-15-13-16(26)9-10-18(15)20/h3-13,20-21,30H,2H2,1H3/t20?,21-/m0/s1. The molecule has 0 fully saturated rings. The largest absolute Gasteiger partial charge is 0.503 e. The molecule has 0 saturated heterocycles. The van der Waals surface area contributed by atoms with Crippen LogP contribution in [0.4, 0.5) is 4.39 Å². The van der Waals surface area contributed by atoms with Crippen molar-refractivity contribution >= 4 is 24.0 Å². The summed E-state index contributed by atoms with van der Waals surface area (Å²) >= 11 is 0. The van der Waals surface area contributed by atoms with E-state index in [1.807, 2.05) is 30.3 Å². The first kappa shape index (κ1) is 19.9. The lowest BCUT2D eigenvalue weighted by Crippen LogP contribution is -2.50. The number of carbonyl (C=O) groups is 2. The molecule has 2 amide bonds. The fraction of sp³-hybridized carbons (Fsp3) is 0.160. The van der Waals surface area contributed by atoms with Crippen LogP contribution in [-0.2, 0) is 4.79 Å². The summed E-state index contributed by atoms with van der Waals surface area (Å²) in [6, 6.07) is 12.1. The normalized spacial score (nSPS) is 19.2. The van der Waals surface area contributed by atoms with Crippen molar-refractivity contribution in [3.63, 3.8) is 0 Å². The van der Waals surface area contributed by atoms with Gasteiger partial charge >= 0.3 is 0 Å². The summed E-state index contributed by atoms with van der Waals surface area (Å²) in [6.07, 6.45) is 5.04. The minimum atomic E-state index is -0.959. The van der Waals surface area contributed by atoms with Crippen LogP contribution >= 0.6 is 0 Å². The maximum Gasteiger partial charge on any atom is 0.281 e. The van der Waals surface area contributed by atoms with E-state index in [1.54, 1.807) is 19.1 Å². The van der Waals surface area contributed by atoms with Crippen LogP contribution in [0, 0.1) is 5.82 Å². The lowest BCUT2D eigenvalue weighted by Gasteiger charge is -2.38. The van der Waals surface area contributed by atoms with Gasteiger partial charge in [0.25, 0.3) is 11.8 Å². The molecular weight excluding hydrogens is 411 g/mol. The molecule has 7 heteroatoms. The molecule has 5 rings (SSSR count). The zero-order valence-corrected chi connectivity index (χ0v) is 17.2. The molecule has 1 aliphatic heterocycles. The molecule has 1 aromatic heterocycles. The average molecular weight is 430 g/mol. The molecule has 160 valence electrons. The van der Waals surface area contributed by atoms with Gasteiger partial charge in [-0.1, -0.05) is 42.5 Å². The molecule has 0 saturated carbocycles. The Morgan fingerprint density at radius 1 is 0.969 bits per heavy atom. The lowest BCUT2D eigenvalue weighted by molar-refractivity contribution is -0.133. The van der Waals surface area contributed by atoms with E-state index in [0.717, 1.165) is 22.1 Å². The summed E-state index contributed by atoms with van der Waals surface area (Å²) in [5.41, 5.74) is 2.09. The number of aromatic nitrogens is 1. The van der Waals surface area contributed by atoms with Gasteiger partial charge in [-0.25, -0.2) is 4.39 Å². The molecule has 32 heavy (non-hydrogen) atoms. The molecule has 6 nitrogen and oxygen atoms in total. The first-order chi connectivity index (χ1) is 15.4. The van der Waals surface area contributed by atoms with Crippen molar-refractivity contribution in [3.8, 4) is 5.75 Å². The van der Waals surface area contributed by atoms with Gasteiger partial charge in [-0.3, -0.25) is 19.3 Å². The number of aromatic hydroxyl groups is 1. The third-order valence-electron chi connectivity index (χ3n) is 6.16. The van der Waals surface area contributed by atoms with Crippen molar-refractivity contribution in [3.05, 3.63) is 98.7 Å². The second-order valence-corrected chi connectivity index (χ2v) is 7.83. The summed E-state index contributed by atoms with van der Waals surface area (Å²) in [5.74, 6) is -2.85. The van der Waals surface area contributed by atoms with Gasteiger partial charge in [-0.2, -0.15) is 0 Å². The second-order valence-electron chi connectivity index (χ2n) is 7.83. The second kappa shape index (κ2) is 7.30. The van der Waals surface area contributed by atoms with Crippen molar-refractivity contribution in [2.75, 3.05) is 6.54 Å². The maximum absolute atomic E-state index is 14.1. The number of pyridine rings is 1. The van der Waals surface area contributed by atoms with E-state index in [0.29, 0.717) is 11.1 Å². The van der Waals surface area contributed by atoms with Crippen molar-refractivity contribution in [2.45, 2.75) is 18.9 Å². The van der Waals surface area contributed by atoms with Crippen molar-refractivity contribution in [1.82, 2.24) is 9.47 Å². The van der Waals surface area contributed by atoms with E-state index < -0.39 is 40.8 Å². The van der Waals surface area contributed by atoms with Crippen LogP contribution in [0.1, 0.15) is 51.6 Å². The van der Waals surface area contributed by atoms with E-state index >= 15 is 0 Å². The third-order valence-corrected chi connectivity index (χ3v) is 6.16. The third kappa shape index (κ3) is 2.81. The fourth-order valence-corrected chi connectivity index (χ4v) is 4.70. The van der Waals surface area contributed by atoms with Crippen LogP contribution in [0.5, 0.6) is 5.75 Å². The smallest absolute Gasteiger partial charge is 0.281 e. The quantitative estimate of drug-likeness (QED) is 0.631. The Labute approximate surface area is 182 Å². The Hall–Kier alpha value is -4.00. The van der Waals surface area contributed by atoms with Gasteiger partial charge < -0.3 is 9.67 Å². The van der Waals surface area contributed by atoms with Gasteiger partial charge in [0.05, 0.1) is 0 Å². The number of nitrogens with zero attached hydrogens (tertiary/aromatic N) is 2. The van der Waals surface area contributed by atoms with Crippen LogP contribution in [0.2, 0.25) is 0 Å². The number of hydrogen-bond donors (Lipinski definition) is 1. The first-order valence-electron chi connectivity index (χ1n) is 10.3. The van der Waals surface area contributed by atoms with Gasteiger partial charge in [0.1, 0.15) is 11.9 Å². The van der Waals surface area contributed by atoms with Crippen molar-refractivity contribution < 1.29 is 19.1 Å². The number of carbonyl (C=O) groups excluding carboxylic acids is 2. The average Bonchev–Trinajstić information content (AvgIpc) is 2.93. The van der Waals surface area contributed by atoms with Crippen molar-refractivity contribution in [2.24, 2.45) is 0 Å². The minimum absolute atomic E-state index is 0.0829. The van der Waals surface area contributed by atoms with Gasteiger partial charge in [0.15, 0.2) is 11.4 Å². The SMILES string of the molecule is CCN1C(=O)c2c(O)c(=O)ccn2[C@@H](C2c3ccccc3C=Cc3cc(F)ccc32)C1=O. The monoisotopic (exact) mass is 430 g/mol. The Morgan fingerprint density at radius 2 is 1.69 bits per heavy atom. The number of amides is 2. The maximum atomic E-state index is 14.1. The van der Waals surface area contributed by atoms with Gasteiger partial charge in [0, 0.05) is 24.7 Å². The highest BCUT2D eigenvalue weighted by molar-refractivity contribution is 6.09. The molecule has 1 unspecified atom stereocenters. The van der Waals surface area contributed by atoms with E-state index in [4.69, 9.17) is 0 Å². The van der Waals surface area contributed by atoms with Gasteiger partial charge in [-0.05, 0) is 41.3 Å². The summed E-state index contributed by atoms with van der Waals surface area (Å²) in [7, 11) is 0. The van der Waals surface area contributed by atoms with E-state index in [-0.39, 0.29) is 12.2 Å². The van der Waals surface area contributed by atoms with E-state index in [1.165, 1.54) is 22.9 Å². The number of halogens is 1. The zero-order chi connectivity index (χ0) is 22.6. The highest BCUT2D eigenvalue weighted by atomic mass is 19.1. The van der Waals surface area contributed by atoms with Crippen LogP contribution in [0.3, 0.4) is 0 Å². The summed E-state index contributed by atoms with van der Waals surface area (Å²) < 4.78 is 15.5. The molecule has 0 radical (unpaired) electrons. The molecular formula is C25H19FN2O4. The first-order valence-corrected chi connectivity index (χ1v) is 10.3. The van der Waals surface area contributed by atoms with Crippen LogP contribution < -0.4 is 5.43 Å². The summed E-state index contributed by atoms with van der Waals surface area (Å²) in [5, 5.41) is 10.5. The lowest BCUT2D eigenvalue weighted by atomic mass is 9.80. The molecule has 1 N–H and O–H groups in total. The van der Waals surface area contributed by atoms with Crippen molar-refractivity contribution in [1.29, 1.82) is 0 Å². The van der Waals surface area contributed by atoms with E-state index in [2.05, 4.69) is 0 Å². The number of hydrogen-bond acceptors (Lipinski definition) is 4. The summed E-state index contributed by atoms with van der Waals surface area (Å²) in [6.45, 7) is 1.74. The Bertz CT molecular complexity index is 1370. The molecule has 2 aliphatic rings. The molecule has 3 aromatic rings. The molecule has 1 aliphatic carbocycles. The number of fused-ring (bicyclic) bond motifs is 3.